The minimum absolute atomic E-state index is 0.356. The van der Waals surface area contributed by atoms with Gasteiger partial charge in [0.25, 0.3) is 0 Å². The molecule has 4 atom stereocenters. The fraction of sp³-hybridized carbons (Fsp3) is 1.00. The smallest absolute Gasteiger partial charge is 0.0244 e. The molecular formula is C16H34N2. The first-order valence-electron chi connectivity index (χ1n) is 7.74. The highest BCUT2D eigenvalue weighted by atomic mass is 15.3. The van der Waals surface area contributed by atoms with Gasteiger partial charge < -0.3 is 5.32 Å². The van der Waals surface area contributed by atoms with E-state index >= 15 is 0 Å². The molecular weight excluding hydrogens is 220 g/mol. The molecule has 1 aliphatic rings. The fourth-order valence-corrected chi connectivity index (χ4v) is 2.96. The number of hydrogen-bond donors (Lipinski definition) is 1. The fourth-order valence-electron chi connectivity index (χ4n) is 2.96. The van der Waals surface area contributed by atoms with E-state index in [-0.39, 0.29) is 0 Å². The Morgan fingerprint density at radius 1 is 1.28 bits per heavy atom. The summed E-state index contributed by atoms with van der Waals surface area (Å²) in [5, 5.41) is 3.72. The van der Waals surface area contributed by atoms with E-state index in [1.807, 2.05) is 0 Å². The molecule has 1 aliphatic heterocycles. The van der Waals surface area contributed by atoms with E-state index in [4.69, 9.17) is 0 Å². The van der Waals surface area contributed by atoms with Crippen LogP contribution in [0.3, 0.4) is 0 Å². The lowest BCUT2D eigenvalue weighted by atomic mass is 9.84. The summed E-state index contributed by atoms with van der Waals surface area (Å²) in [5.41, 5.74) is 0.356. The van der Waals surface area contributed by atoms with Gasteiger partial charge in [-0.05, 0) is 31.6 Å². The third kappa shape index (κ3) is 4.24. The highest BCUT2D eigenvalue weighted by Gasteiger charge is 2.34. The molecule has 108 valence electrons. The summed E-state index contributed by atoms with van der Waals surface area (Å²) in [6, 6.07) is 2.00. The van der Waals surface area contributed by atoms with Crippen LogP contribution in [0.25, 0.3) is 0 Å². The predicted octanol–water partition coefficient (Wildman–Crippen LogP) is 3.52. The third-order valence-corrected chi connectivity index (χ3v) is 4.67. The van der Waals surface area contributed by atoms with Gasteiger partial charge in [-0.15, -0.1) is 0 Å². The lowest BCUT2D eigenvalue weighted by Gasteiger charge is -2.47. The van der Waals surface area contributed by atoms with Crippen molar-refractivity contribution in [2.75, 3.05) is 13.1 Å². The molecule has 0 aromatic rings. The van der Waals surface area contributed by atoms with Crippen LogP contribution in [0.1, 0.15) is 61.3 Å². The van der Waals surface area contributed by atoms with E-state index in [0.717, 1.165) is 12.5 Å². The van der Waals surface area contributed by atoms with Crippen molar-refractivity contribution in [3.05, 3.63) is 0 Å². The summed E-state index contributed by atoms with van der Waals surface area (Å²) >= 11 is 0. The molecule has 0 aromatic carbocycles. The van der Waals surface area contributed by atoms with E-state index in [1.165, 1.54) is 19.4 Å². The molecule has 0 amide bonds. The van der Waals surface area contributed by atoms with Crippen molar-refractivity contribution >= 4 is 0 Å². The van der Waals surface area contributed by atoms with Gasteiger partial charge in [0.05, 0.1) is 0 Å². The Kier molecular flexibility index (Phi) is 5.67. The quantitative estimate of drug-likeness (QED) is 0.826. The standard InChI is InChI=1S/C16H34N2/c1-8-12(2)9-13(3)18-11-15(16(5,6)7)17-10-14(18)4/h12-15,17H,8-11H2,1-7H3. The van der Waals surface area contributed by atoms with Gasteiger partial charge in [0, 0.05) is 31.2 Å². The van der Waals surface area contributed by atoms with Crippen molar-refractivity contribution in [1.29, 1.82) is 0 Å². The summed E-state index contributed by atoms with van der Waals surface area (Å²) in [4.78, 5) is 2.72. The summed E-state index contributed by atoms with van der Waals surface area (Å²) < 4.78 is 0. The molecule has 0 radical (unpaired) electrons. The van der Waals surface area contributed by atoms with E-state index in [9.17, 15) is 0 Å². The van der Waals surface area contributed by atoms with Crippen LogP contribution < -0.4 is 5.32 Å². The second kappa shape index (κ2) is 6.38. The molecule has 1 rings (SSSR count). The van der Waals surface area contributed by atoms with Crippen molar-refractivity contribution in [2.24, 2.45) is 11.3 Å². The minimum atomic E-state index is 0.356. The normalized spacial score (nSPS) is 30.2. The van der Waals surface area contributed by atoms with Crippen molar-refractivity contribution < 1.29 is 0 Å². The molecule has 18 heavy (non-hydrogen) atoms. The molecule has 0 aliphatic carbocycles. The molecule has 0 spiro atoms. The first-order chi connectivity index (χ1) is 8.25. The molecule has 0 saturated carbocycles. The van der Waals surface area contributed by atoms with Gasteiger partial charge in [-0.2, -0.15) is 0 Å². The van der Waals surface area contributed by atoms with Gasteiger partial charge in [-0.1, -0.05) is 41.0 Å². The summed E-state index contributed by atoms with van der Waals surface area (Å²) in [6.07, 6.45) is 2.63. The van der Waals surface area contributed by atoms with E-state index in [0.29, 0.717) is 23.5 Å². The number of hydrogen-bond acceptors (Lipinski definition) is 2. The number of piperazine rings is 1. The van der Waals surface area contributed by atoms with Gasteiger partial charge >= 0.3 is 0 Å². The molecule has 1 heterocycles. The van der Waals surface area contributed by atoms with Crippen molar-refractivity contribution in [2.45, 2.75) is 79.4 Å². The second-order valence-electron chi connectivity index (χ2n) is 7.47. The SMILES string of the molecule is CCC(C)CC(C)N1CC(C(C)(C)C)NCC1C. The van der Waals surface area contributed by atoms with Crippen LogP contribution in [-0.4, -0.2) is 36.1 Å². The number of nitrogens with one attached hydrogen (secondary N) is 1. The van der Waals surface area contributed by atoms with E-state index < -0.39 is 0 Å². The summed E-state index contributed by atoms with van der Waals surface area (Å²) in [5.74, 6) is 0.843. The zero-order valence-corrected chi connectivity index (χ0v) is 13.6. The third-order valence-electron chi connectivity index (χ3n) is 4.67. The average molecular weight is 254 g/mol. The van der Waals surface area contributed by atoms with E-state index in [1.54, 1.807) is 0 Å². The van der Waals surface area contributed by atoms with Gasteiger partial charge in [0.2, 0.25) is 0 Å². The van der Waals surface area contributed by atoms with Gasteiger partial charge in [-0.25, -0.2) is 0 Å². The Morgan fingerprint density at radius 3 is 2.39 bits per heavy atom. The van der Waals surface area contributed by atoms with Crippen molar-refractivity contribution in [1.82, 2.24) is 10.2 Å². The molecule has 0 bridgehead atoms. The van der Waals surface area contributed by atoms with Gasteiger partial charge in [0.1, 0.15) is 0 Å². The maximum absolute atomic E-state index is 3.72. The van der Waals surface area contributed by atoms with Crippen LogP contribution >= 0.6 is 0 Å². The lowest BCUT2D eigenvalue weighted by Crippen LogP contribution is -2.61. The van der Waals surface area contributed by atoms with Crippen LogP contribution in [-0.2, 0) is 0 Å². The van der Waals surface area contributed by atoms with Gasteiger partial charge in [0.15, 0.2) is 0 Å². The maximum atomic E-state index is 3.72. The van der Waals surface area contributed by atoms with Crippen LogP contribution in [0, 0.1) is 11.3 Å². The molecule has 1 fully saturated rings. The molecule has 4 unspecified atom stereocenters. The highest BCUT2D eigenvalue weighted by molar-refractivity contribution is 4.92. The average Bonchev–Trinajstić information content (AvgIpc) is 2.27. The minimum Gasteiger partial charge on any atom is -0.311 e. The summed E-state index contributed by atoms with van der Waals surface area (Å²) in [6.45, 7) is 18.8. The Bertz CT molecular complexity index is 244. The molecule has 1 saturated heterocycles. The zero-order valence-electron chi connectivity index (χ0n) is 13.6. The largest absolute Gasteiger partial charge is 0.311 e. The first-order valence-corrected chi connectivity index (χ1v) is 7.74. The zero-order chi connectivity index (χ0) is 13.9. The van der Waals surface area contributed by atoms with Crippen molar-refractivity contribution in [3.63, 3.8) is 0 Å². The molecule has 2 heteroatoms. The lowest BCUT2D eigenvalue weighted by molar-refractivity contribution is 0.0546. The Labute approximate surface area is 115 Å². The van der Waals surface area contributed by atoms with E-state index in [2.05, 4.69) is 58.7 Å². The van der Waals surface area contributed by atoms with Crippen LogP contribution in [0.15, 0.2) is 0 Å². The molecule has 0 aromatic heterocycles. The predicted molar refractivity (Wildman–Crippen MR) is 80.9 cm³/mol. The molecule has 2 nitrogen and oxygen atoms in total. The monoisotopic (exact) mass is 254 g/mol. The molecule has 1 N–H and O–H groups in total. The van der Waals surface area contributed by atoms with Crippen LogP contribution in [0.4, 0.5) is 0 Å². The second-order valence-corrected chi connectivity index (χ2v) is 7.47. The first kappa shape index (κ1) is 16.0. The van der Waals surface area contributed by atoms with Crippen molar-refractivity contribution in [3.8, 4) is 0 Å². The van der Waals surface area contributed by atoms with Crippen LogP contribution in [0.5, 0.6) is 0 Å². The number of nitrogens with zero attached hydrogens (tertiary/aromatic N) is 1. The van der Waals surface area contributed by atoms with Gasteiger partial charge in [-0.3, -0.25) is 4.90 Å². The Balaban J connectivity index is 2.61. The Hall–Kier alpha value is -0.0800. The summed E-state index contributed by atoms with van der Waals surface area (Å²) in [7, 11) is 0. The number of rotatable bonds is 4. The Morgan fingerprint density at radius 2 is 1.89 bits per heavy atom. The highest BCUT2D eigenvalue weighted by Crippen LogP contribution is 2.26. The topological polar surface area (TPSA) is 15.3 Å². The maximum Gasteiger partial charge on any atom is 0.0244 e. The van der Waals surface area contributed by atoms with Crippen LogP contribution in [0.2, 0.25) is 0 Å².